The van der Waals surface area contributed by atoms with Crippen molar-refractivity contribution in [1.29, 1.82) is 0 Å². The first-order valence-electron chi connectivity index (χ1n) is 4.98. The molecule has 1 aromatic rings. The lowest BCUT2D eigenvalue weighted by atomic mass is 10.2. The van der Waals surface area contributed by atoms with Gasteiger partial charge in [0, 0.05) is 18.9 Å². The van der Waals surface area contributed by atoms with Gasteiger partial charge in [0.2, 0.25) is 0 Å². The minimum atomic E-state index is -0.418. The fourth-order valence-electron chi connectivity index (χ4n) is 1.36. The number of amides is 1. The summed E-state index contributed by atoms with van der Waals surface area (Å²) in [5.74, 6) is 0.132. The summed E-state index contributed by atoms with van der Waals surface area (Å²) >= 11 is 0. The Hall–Kier alpha value is -1.49. The van der Waals surface area contributed by atoms with E-state index in [2.05, 4.69) is 15.3 Å². The fraction of sp³-hybridized carbons (Fsp3) is 0.500. The Morgan fingerprint density at radius 1 is 1.53 bits per heavy atom. The van der Waals surface area contributed by atoms with Gasteiger partial charge in [-0.05, 0) is 18.8 Å². The molecule has 80 valence electrons. The highest BCUT2D eigenvalue weighted by atomic mass is 16.3. The van der Waals surface area contributed by atoms with Crippen LogP contribution in [0.3, 0.4) is 0 Å². The second-order valence-corrected chi connectivity index (χ2v) is 3.74. The number of nitrogens with one attached hydrogen (secondary N) is 1. The van der Waals surface area contributed by atoms with E-state index in [0.717, 1.165) is 12.8 Å². The second kappa shape index (κ2) is 4.35. The number of carbonyl (C=O) groups is 1. The monoisotopic (exact) mass is 207 g/mol. The molecule has 1 aliphatic carbocycles. The van der Waals surface area contributed by atoms with Crippen LogP contribution in [-0.4, -0.2) is 33.6 Å². The number of aromatic nitrogens is 2. The van der Waals surface area contributed by atoms with Crippen LogP contribution in [-0.2, 0) is 0 Å². The molecule has 2 N–H and O–H groups in total. The number of hydrogen-bond donors (Lipinski definition) is 2. The zero-order chi connectivity index (χ0) is 10.7. The zero-order valence-electron chi connectivity index (χ0n) is 8.26. The Bertz CT molecular complexity index is 338. The summed E-state index contributed by atoms with van der Waals surface area (Å²) in [6.07, 6.45) is 5.98. The predicted molar refractivity (Wildman–Crippen MR) is 53.1 cm³/mol. The van der Waals surface area contributed by atoms with Crippen LogP contribution in [0.25, 0.3) is 0 Å². The molecule has 0 bridgehead atoms. The molecule has 0 aromatic carbocycles. The molecule has 0 radical (unpaired) electrons. The molecule has 15 heavy (non-hydrogen) atoms. The number of aliphatic hydroxyl groups excluding tert-OH is 1. The van der Waals surface area contributed by atoms with Crippen molar-refractivity contribution >= 4 is 5.91 Å². The summed E-state index contributed by atoms with van der Waals surface area (Å²) in [7, 11) is 0. The summed E-state index contributed by atoms with van der Waals surface area (Å²) in [5.41, 5.74) is 0.417. The molecule has 1 saturated carbocycles. The summed E-state index contributed by atoms with van der Waals surface area (Å²) < 4.78 is 0. The maximum absolute atomic E-state index is 11.5. The van der Waals surface area contributed by atoms with Crippen LogP contribution in [0, 0.1) is 5.92 Å². The third-order valence-corrected chi connectivity index (χ3v) is 2.46. The van der Waals surface area contributed by atoms with Gasteiger partial charge >= 0.3 is 0 Å². The van der Waals surface area contributed by atoms with E-state index in [0.29, 0.717) is 18.0 Å². The number of carbonyl (C=O) groups excluding carboxylic acids is 1. The molecule has 1 amide bonds. The van der Waals surface area contributed by atoms with Crippen LogP contribution in [0.1, 0.15) is 23.2 Å². The first-order valence-corrected chi connectivity index (χ1v) is 4.98. The van der Waals surface area contributed by atoms with Gasteiger partial charge in [0.05, 0.1) is 11.7 Å². The van der Waals surface area contributed by atoms with Gasteiger partial charge in [0.25, 0.3) is 5.91 Å². The molecule has 2 rings (SSSR count). The third kappa shape index (κ3) is 2.73. The Morgan fingerprint density at radius 3 is 2.80 bits per heavy atom. The van der Waals surface area contributed by atoms with Crippen molar-refractivity contribution in [3.8, 4) is 0 Å². The molecule has 0 saturated heterocycles. The van der Waals surface area contributed by atoms with E-state index in [1.54, 1.807) is 0 Å². The summed E-state index contributed by atoms with van der Waals surface area (Å²) in [5, 5.41) is 12.2. The van der Waals surface area contributed by atoms with Gasteiger partial charge in [0.15, 0.2) is 0 Å². The standard InChI is InChI=1S/C10H13N3O2/c14-9(7-1-2-7)5-13-10(15)8-3-11-6-12-4-8/h3-4,6-7,9,14H,1-2,5H2,(H,13,15). The lowest BCUT2D eigenvalue weighted by molar-refractivity contribution is 0.0900. The first kappa shape index (κ1) is 10.0. The summed E-state index contributed by atoms with van der Waals surface area (Å²) in [6.45, 7) is 0.304. The van der Waals surface area contributed by atoms with Gasteiger partial charge < -0.3 is 10.4 Å². The molecule has 1 aliphatic rings. The van der Waals surface area contributed by atoms with Gasteiger partial charge in [-0.25, -0.2) is 9.97 Å². The summed E-state index contributed by atoms with van der Waals surface area (Å²) in [6, 6.07) is 0. The second-order valence-electron chi connectivity index (χ2n) is 3.74. The van der Waals surface area contributed by atoms with E-state index in [-0.39, 0.29) is 5.91 Å². The molecule has 5 nitrogen and oxygen atoms in total. The van der Waals surface area contributed by atoms with E-state index in [9.17, 15) is 9.90 Å². The van der Waals surface area contributed by atoms with Crippen molar-refractivity contribution in [2.75, 3.05) is 6.54 Å². The molecule has 1 heterocycles. The molecule has 0 spiro atoms. The highest BCUT2D eigenvalue weighted by Gasteiger charge is 2.29. The Kier molecular flexibility index (Phi) is 2.91. The van der Waals surface area contributed by atoms with Gasteiger partial charge in [-0.3, -0.25) is 4.79 Å². The maximum Gasteiger partial charge on any atom is 0.254 e. The minimum Gasteiger partial charge on any atom is -0.391 e. The van der Waals surface area contributed by atoms with Crippen molar-refractivity contribution in [3.05, 3.63) is 24.3 Å². The SMILES string of the molecule is O=C(NCC(O)C1CC1)c1cncnc1. The van der Waals surface area contributed by atoms with Crippen LogP contribution >= 0.6 is 0 Å². The zero-order valence-corrected chi connectivity index (χ0v) is 8.26. The van der Waals surface area contributed by atoms with Crippen molar-refractivity contribution in [3.63, 3.8) is 0 Å². The predicted octanol–water partition coefficient (Wildman–Crippen LogP) is -0.0227. The van der Waals surface area contributed by atoms with Crippen LogP contribution in [0.5, 0.6) is 0 Å². The largest absolute Gasteiger partial charge is 0.391 e. The Labute approximate surface area is 87.6 Å². The van der Waals surface area contributed by atoms with Crippen molar-refractivity contribution in [1.82, 2.24) is 15.3 Å². The minimum absolute atomic E-state index is 0.240. The molecule has 1 fully saturated rings. The van der Waals surface area contributed by atoms with Gasteiger partial charge in [-0.2, -0.15) is 0 Å². The Balaban J connectivity index is 1.82. The molecule has 1 aromatic heterocycles. The van der Waals surface area contributed by atoms with Gasteiger partial charge in [-0.15, -0.1) is 0 Å². The van der Waals surface area contributed by atoms with Crippen molar-refractivity contribution < 1.29 is 9.90 Å². The topological polar surface area (TPSA) is 75.1 Å². The molecular weight excluding hydrogens is 194 g/mol. The molecule has 5 heteroatoms. The normalized spacial score (nSPS) is 17.1. The van der Waals surface area contributed by atoms with E-state index >= 15 is 0 Å². The third-order valence-electron chi connectivity index (χ3n) is 2.46. The molecule has 1 unspecified atom stereocenters. The first-order chi connectivity index (χ1) is 7.27. The van der Waals surface area contributed by atoms with Crippen LogP contribution in [0.15, 0.2) is 18.7 Å². The van der Waals surface area contributed by atoms with Gasteiger partial charge in [-0.1, -0.05) is 0 Å². The number of aliphatic hydroxyl groups is 1. The average Bonchev–Trinajstić information content (AvgIpc) is 3.10. The van der Waals surface area contributed by atoms with E-state index < -0.39 is 6.10 Å². The van der Waals surface area contributed by atoms with E-state index in [1.807, 2.05) is 0 Å². The highest BCUT2D eigenvalue weighted by molar-refractivity contribution is 5.93. The smallest absolute Gasteiger partial charge is 0.254 e. The lowest BCUT2D eigenvalue weighted by Gasteiger charge is -2.09. The van der Waals surface area contributed by atoms with Gasteiger partial charge in [0.1, 0.15) is 6.33 Å². The van der Waals surface area contributed by atoms with Crippen molar-refractivity contribution in [2.24, 2.45) is 5.92 Å². The maximum atomic E-state index is 11.5. The average molecular weight is 207 g/mol. The van der Waals surface area contributed by atoms with E-state index in [1.165, 1.54) is 18.7 Å². The number of nitrogens with zero attached hydrogens (tertiary/aromatic N) is 2. The lowest BCUT2D eigenvalue weighted by Crippen LogP contribution is -2.33. The fourth-order valence-corrected chi connectivity index (χ4v) is 1.36. The molecule has 0 aliphatic heterocycles. The Morgan fingerprint density at radius 2 is 2.20 bits per heavy atom. The molecular formula is C10H13N3O2. The van der Waals surface area contributed by atoms with Crippen molar-refractivity contribution in [2.45, 2.75) is 18.9 Å². The quantitative estimate of drug-likeness (QED) is 0.727. The van der Waals surface area contributed by atoms with Crippen LogP contribution in [0.2, 0.25) is 0 Å². The molecule has 1 atom stereocenters. The van der Waals surface area contributed by atoms with Crippen LogP contribution < -0.4 is 5.32 Å². The number of rotatable bonds is 4. The number of hydrogen-bond acceptors (Lipinski definition) is 4. The van der Waals surface area contributed by atoms with E-state index in [4.69, 9.17) is 0 Å². The van der Waals surface area contributed by atoms with Crippen LogP contribution in [0.4, 0.5) is 0 Å². The summed E-state index contributed by atoms with van der Waals surface area (Å²) in [4.78, 5) is 19.0. The highest BCUT2D eigenvalue weighted by Crippen LogP contribution is 2.32.